The minimum absolute atomic E-state index is 0.116. The molecule has 192 valence electrons. The van der Waals surface area contributed by atoms with Gasteiger partial charge in [0.1, 0.15) is 17.0 Å². The van der Waals surface area contributed by atoms with Gasteiger partial charge in [-0.3, -0.25) is 9.36 Å². The zero-order valence-electron chi connectivity index (χ0n) is 19.6. The average molecular weight is 530 g/mol. The maximum Gasteiger partial charge on any atom is 0.406 e. The lowest BCUT2D eigenvalue weighted by Gasteiger charge is -2.50. The van der Waals surface area contributed by atoms with E-state index in [0.717, 1.165) is 6.33 Å². The molecule has 0 spiro atoms. The van der Waals surface area contributed by atoms with Gasteiger partial charge in [-0.05, 0) is 23.6 Å². The molecule has 1 fully saturated rings. The Morgan fingerprint density at radius 3 is 2.35 bits per heavy atom. The molecule has 0 unspecified atom stereocenters. The summed E-state index contributed by atoms with van der Waals surface area (Å²) in [6, 6.07) is 16.0. The van der Waals surface area contributed by atoms with E-state index >= 15 is 0 Å². The number of halogens is 3. The first-order valence-electron chi connectivity index (χ1n) is 11.3. The smallest absolute Gasteiger partial charge is 0.406 e. The molecule has 11 heteroatoms. The molecule has 0 saturated heterocycles. The molecule has 4 aromatic rings. The Kier molecular flexibility index (Phi) is 5.87. The summed E-state index contributed by atoms with van der Waals surface area (Å²) in [6.07, 6.45) is -4.23. The standard InChI is InChI=1S/C26H22F3N3O4S/c1-24(35)11-25(12-24,36-23(30)34)17-9-7-16(8-10-17)20-18(15-5-3-2-4-6-15)19-21(37-20)31-14-32(22(19)33)13-26(27,28)29/h2-10,14,35H,11-13H2,1H3,(H2,30,34). The van der Waals surface area contributed by atoms with Crippen molar-refractivity contribution in [2.45, 2.75) is 43.7 Å². The van der Waals surface area contributed by atoms with Gasteiger partial charge < -0.3 is 15.6 Å². The van der Waals surface area contributed by atoms with Gasteiger partial charge in [0.2, 0.25) is 0 Å². The van der Waals surface area contributed by atoms with Crippen LogP contribution in [0.3, 0.4) is 0 Å². The number of fused-ring (bicyclic) bond motifs is 1. The Morgan fingerprint density at radius 1 is 1.14 bits per heavy atom. The number of amides is 1. The number of nitrogens with zero attached hydrogens (tertiary/aromatic N) is 2. The number of benzene rings is 2. The van der Waals surface area contributed by atoms with Gasteiger partial charge in [-0.25, -0.2) is 9.78 Å². The Hall–Kier alpha value is -3.70. The molecular weight excluding hydrogens is 507 g/mol. The molecule has 1 amide bonds. The predicted octanol–water partition coefficient (Wildman–Crippen LogP) is 5.19. The van der Waals surface area contributed by atoms with Crippen LogP contribution in [-0.2, 0) is 16.9 Å². The fraction of sp³-hybridized carbons (Fsp3) is 0.269. The highest BCUT2D eigenvalue weighted by molar-refractivity contribution is 7.22. The first-order valence-corrected chi connectivity index (χ1v) is 12.2. The fourth-order valence-corrected chi connectivity index (χ4v) is 6.21. The highest BCUT2D eigenvalue weighted by atomic mass is 32.1. The molecule has 0 atom stereocenters. The number of nitrogens with two attached hydrogens (primary N) is 1. The van der Waals surface area contributed by atoms with Crippen molar-refractivity contribution in [1.29, 1.82) is 0 Å². The number of aromatic nitrogens is 2. The topological polar surface area (TPSA) is 107 Å². The molecule has 1 aliphatic carbocycles. The van der Waals surface area contributed by atoms with Crippen LogP contribution < -0.4 is 11.3 Å². The van der Waals surface area contributed by atoms with Crippen molar-refractivity contribution in [3.63, 3.8) is 0 Å². The fourth-order valence-electron chi connectivity index (χ4n) is 5.05. The van der Waals surface area contributed by atoms with E-state index in [-0.39, 0.29) is 18.2 Å². The number of aliphatic hydroxyl groups is 1. The third-order valence-electron chi connectivity index (χ3n) is 6.39. The second kappa shape index (κ2) is 8.70. The minimum atomic E-state index is -4.57. The van der Waals surface area contributed by atoms with Gasteiger partial charge in [0, 0.05) is 23.3 Å². The number of thiophene rings is 1. The molecule has 0 aliphatic heterocycles. The van der Waals surface area contributed by atoms with Crippen LogP contribution in [0.1, 0.15) is 25.3 Å². The van der Waals surface area contributed by atoms with E-state index in [1.165, 1.54) is 11.3 Å². The average Bonchev–Trinajstić information content (AvgIpc) is 3.19. The van der Waals surface area contributed by atoms with Gasteiger partial charge in [0.05, 0.1) is 17.3 Å². The maximum atomic E-state index is 13.2. The second-order valence-electron chi connectivity index (χ2n) is 9.49. The van der Waals surface area contributed by atoms with Gasteiger partial charge in [-0.1, -0.05) is 54.6 Å². The van der Waals surface area contributed by atoms with E-state index in [9.17, 15) is 27.9 Å². The van der Waals surface area contributed by atoms with Crippen molar-refractivity contribution in [3.8, 4) is 21.6 Å². The normalized spacial score (nSPS) is 21.5. The van der Waals surface area contributed by atoms with Crippen LogP contribution in [0.4, 0.5) is 18.0 Å². The monoisotopic (exact) mass is 529 g/mol. The number of carbonyl (C=O) groups is 1. The lowest BCUT2D eigenvalue weighted by atomic mass is 9.65. The summed E-state index contributed by atoms with van der Waals surface area (Å²) in [4.78, 5) is 29.9. The van der Waals surface area contributed by atoms with Crippen LogP contribution in [-0.4, -0.2) is 32.5 Å². The summed E-state index contributed by atoms with van der Waals surface area (Å²) >= 11 is 1.21. The first kappa shape index (κ1) is 25.0. The molecule has 2 aromatic heterocycles. The van der Waals surface area contributed by atoms with Crippen LogP contribution in [0.2, 0.25) is 0 Å². The van der Waals surface area contributed by atoms with E-state index in [4.69, 9.17) is 10.5 Å². The zero-order valence-corrected chi connectivity index (χ0v) is 20.4. The lowest BCUT2D eigenvalue weighted by molar-refractivity contribution is -0.175. The molecular formula is C26H22F3N3O4S. The molecule has 7 nitrogen and oxygen atoms in total. The molecule has 37 heavy (non-hydrogen) atoms. The number of rotatable bonds is 5. The molecule has 1 aliphatic rings. The minimum Gasteiger partial charge on any atom is -0.438 e. The van der Waals surface area contributed by atoms with Crippen LogP contribution in [0, 0.1) is 0 Å². The highest BCUT2D eigenvalue weighted by Gasteiger charge is 2.55. The number of carbonyl (C=O) groups excluding carboxylic acids is 1. The number of alkyl halides is 3. The SMILES string of the molecule is CC1(O)CC(OC(N)=O)(c2ccc(-c3sc4ncn(CC(F)(F)F)c(=O)c4c3-c3ccccc3)cc2)C1. The first-order chi connectivity index (χ1) is 17.4. The molecule has 2 aromatic carbocycles. The van der Waals surface area contributed by atoms with Gasteiger partial charge in [-0.2, -0.15) is 13.2 Å². The van der Waals surface area contributed by atoms with Crippen molar-refractivity contribution in [1.82, 2.24) is 9.55 Å². The molecule has 1 saturated carbocycles. The van der Waals surface area contributed by atoms with Crippen molar-refractivity contribution < 1.29 is 27.8 Å². The van der Waals surface area contributed by atoms with Crippen LogP contribution in [0.25, 0.3) is 31.8 Å². The van der Waals surface area contributed by atoms with Crippen molar-refractivity contribution in [2.75, 3.05) is 0 Å². The van der Waals surface area contributed by atoms with Crippen LogP contribution >= 0.6 is 11.3 Å². The third-order valence-corrected chi connectivity index (χ3v) is 7.54. The van der Waals surface area contributed by atoms with Crippen molar-refractivity contribution in [2.24, 2.45) is 5.73 Å². The van der Waals surface area contributed by atoms with Gasteiger partial charge in [-0.15, -0.1) is 11.3 Å². The Balaban J connectivity index is 1.64. The quantitative estimate of drug-likeness (QED) is 0.370. The summed E-state index contributed by atoms with van der Waals surface area (Å²) in [6.45, 7) is 0.209. The van der Waals surface area contributed by atoms with E-state index < -0.39 is 35.6 Å². The number of hydrogen-bond donors (Lipinski definition) is 2. The largest absolute Gasteiger partial charge is 0.438 e. The number of ether oxygens (including phenoxy) is 1. The zero-order chi connectivity index (χ0) is 26.6. The van der Waals surface area contributed by atoms with Crippen LogP contribution in [0.5, 0.6) is 0 Å². The third kappa shape index (κ3) is 4.72. The second-order valence-corrected chi connectivity index (χ2v) is 10.5. The van der Waals surface area contributed by atoms with E-state index in [0.29, 0.717) is 36.5 Å². The van der Waals surface area contributed by atoms with E-state index in [2.05, 4.69) is 4.98 Å². The van der Waals surface area contributed by atoms with Gasteiger partial charge >= 0.3 is 12.3 Å². The molecule has 3 N–H and O–H groups in total. The summed E-state index contributed by atoms with van der Waals surface area (Å²) < 4.78 is 45.2. The summed E-state index contributed by atoms with van der Waals surface area (Å²) in [5, 5.41) is 10.4. The highest BCUT2D eigenvalue weighted by Crippen LogP contribution is 2.51. The van der Waals surface area contributed by atoms with Crippen molar-refractivity contribution in [3.05, 3.63) is 76.8 Å². The van der Waals surface area contributed by atoms with E-state index in [1.807, 2.05) is 0 Å². The Bertz CT molecular complexity index is 1540. The predicted molar refractivity (Wildman–Crippen MR) is 133 cm³/mol. The summed E-state index contributed by atoms with van der Waals surface area (Å²) in [5.74, 6) is 0. The number of hydrogen-bond acceptors (Lipinski definition) is 6. The Morgan fingerprint density at radius 2 is 1.78 bits per heavy atom. The Labute approximate surface area is 212 Å². The summed E-state index contributed by atoms with van der Waals surface area (Å²) in [7, 11) is 0. The maximum absolute atomic E-state index is 13.2. The van der Waals surface area contributed by atoms with E-state index in [1.54, 1.807) is 61.5 Å². The molecule has 5 rings (SSSR count). The summed E-state index contributed by atoms with van der Waals surface area (Å²) in [5.41, 5.74) is 4.97. The molecule has 0 radical (unpaired) electrons. The van der Waals surface area contributed by atoms with Crippen molar-refractivity contribution >= 4 is 27.6 Å². The number of primary amides is 1. The van der Waals surface area contributed by atoms with Gasteiger partial charge in [0.15, 0.2) is 0 Å². The van der Waals surface area contributed by atoms with Gasteiger partial charge in [0.25, 0.3) is 5.56 Å². The lowest BCUT2D eigenvalue weighted by Crippen LogP contribution is -2.55. The van der Waals surface area contributed by atoms with Crippen LogP contribution in [0.15, 0.2) is 65.7 Å². The molecule has 0 bridgehead atoms. The molecule has 2 heterocycles.